The first-order valence-electron chi connectivity index (χ1n) is 9.28. The van der Waals surface area contributed by atoms with Crippen molar-refractivity contribution in [1.82, 2.24) is 10.2 Å². The second-order valence-electron chi connectivity index (χ2n) is 5.95. The molecular formula is C20H30N2O3. The van der Waals surface area contributed by atoms with Gasteiger partial charge in [0, 0.05) is 18.5 Å². The molecule has 0 radical (unpaired) electrons. The summed E-state index contributed by atoms with van der Waals surface area (Å²) in [6, 6.07) is 5.28. The Kier molecular flexibility index (Phi) is 8.32. The molecule has 138 valence electrons. The summed E-state index contributed by atoms with van der Waals surface area (Å²) in [6.45, 7) is 10.8. The Labute approximate surface area is 150 Å². The van der Waals surface area contributed by atoms with E-state index in [0.717, 1.165) is 12.0 Å². The summed E-state index contributed by atoms with van der Waals surface area (Å²) in [7, 11) is 0. The molecule has 1 saturated heterocycles. The number of nitrogens with zero attached hydrogens (tertiary/aromatic N) is 1. The molecule has 2 heterocycles. The molecule has 0 aromatic heterocycles. The van der Waals surface area contributed by atoms with E-state index in [0.29, 0.717) is 18.5 Å². The van der Waals surface area contributed by atoms with Crippen molar-refractivity contribution >= 4 is 17.7 Å². The monoisotopic (exact) mass is 346 g/mol. The lowest BCUT2D eigenvalue weighted by Gasteiger charge is -2.29. The van der Waals surface area contributed by atoms with Crippen molar-refractivity contribution < 1.29 is 14.4 Å². The van der Waals surface area contributed by atoms with Crippen molar-refractivity contribution in [2.24, 2.45) is 0 Å². The summed E-state index contributed by atoms with van der Waals surface area (Å²) in [5, 5.41) is 2.30. The van der Waals surface area contributed by atoms with Crippen molar-refractivity contribution in [2.45, 2.75) is 72.9 Å². The van der Waals surface area contributed by atoms with Crippen molar-refractivity contribution in [3.8, 4) is 0 Å². The first-order chi connectivity index (χ1) is 12.0. The van der Waals surface area contributed by atoms with Crippen LogP contribution >= 0.6 is 0 Å². The lowest BCUT2D eigenvalue weighted by Crippen LogP contribution is -2.52. The number of hydrogen-bond donors (Lipinski definition) is 1. The van der Waals surface area contributed by atoms with Crippen LogP contribution in [0, 0.1) is 0 Å². The molecule has 1 aromatic carbocycles. The fourth-order valence-corrected chi connectivity index (χ4v) is 2.85. The minimum atomic E-state index is -0.530. The minimum Gasteiger partial charge on any atom is -0.322 e. The number of imide groups is 1. The number of piperidine rings is 1. The van der Waals surface area contributed by atoms with E-state index < -0.39 is 6.04 Å². The largest absolute Gasteiger partial charge is 0.322 e. The van der Waals surface area contributed by atoms with Gasteiger partial charge in [-0.15, -0.1) is 0 Å². The van der Waals surface area contributed by atoms with Gasteiger partial charge in [0.2, 0.25) is 11.8 Å². The number of nitrogens with one attached hydrogen (secondary N) is 1. The fourth-order valence-electron chi connectivity index (χ4n) is 2.85. The van der Waals surface area contributed by atoms with Gasteiger partial charge in [0.05, 0.1) is 0 Å². The van der Waals surface area contributed by atoms with Crippen molar-refractivity contribution in [3.63, 3.8) is 0 Å². The number of hydrogen-bond acceptors (Lipinski definition) is 3. The summed E-state index contributed by atoms with van der Waals surface area (Å²) in [4.78, 5) is 37.0. The number of rotatable bonds is 2. The zero-order chi connectivity index (χ0) is 19.0. The van der Waals surface area contributed by atoms with Gasteiger partial charge in [0.25, 0.3) is 5.91 Å². The number of aryl methyl sites for hydroxylation is 1. The van der Waals surface area contributed by atoms with Crippen LogP contribution < -0.4 is 5.32 Å². The average Bonchev–Trinajstić information content (AvgIpc) is 2.93. The molecule has 25 heavy (non-hydrogen) atoms. The number of amides is 3. The lowest BCUT2D eigenvalue weighted by molar-refractivity contribution is -0.136. The van der Waals surface area contributed by atoms with E-state index in [1.165, 1.54) is 12.0 Å². The Morgan fingerprint density at radius 3 is 2.32 bits per heavy atom. The van der Waals surface area contributed by atoms with Crippen LogP contribution in [-0.2, 0) is 22.6 Å². The van der Waals surface area contributed by atoms with Crippen LogP contribution in [0.3, 0.4) is 0 Å². The van der Waals surface area contributed by atoms with Gasteiger partial charge in [0.15, 0.2) is 0 Å². The van der Waals surface area contributed by atoms with Gasteiger partial charge in [-0.3, -0.25) is 19.7 Å². The first-order valence-corrected chi connectivity index (χ1v) is 9.28. The Hall–Kier alpha value is -2.17. The predicted molar refractivity (Wildman–Crippen MR) is 99.2 cm³/mol. The average molecular weight is 346 g/mol. The third-order valence-corrected chi connectivity index (χ3v) is 4.00. The number of fused-ring (bicyclic) bond motifs is 1. The maximum absolute atomic E-state index is 12.4. The number of benzene rings is 1. The van der Waals surface area contributed by atoms with E-state index in [-0.39, 0.29) is 24.1 Å². The highest BCUT2D eigenvalue weighted by atomic mass is 16.2. The molecule has 0 aliphatic carbocycles. The molecule has 5 nitrogen and oxygen atoms in total. The molecule has 1 fully saturated rings. The zero-order valence-electron chi connectivity index (χ0n) is 16.0. The summed E-state index contributed by atoms with van der Waals surface area (Å²) in [5.41, 5.74) is 2.83. The van der Waals surface area contributed by atoms with E-state index in [4.69, 9.17) is 0 Å². The second-order valence-corrected chi connectivity index (χ2v) is 5.95. The maximum atomic E-state index is 12.4. The highest BCUT2D eigenvalue weighted by molar-refractivity contribution is 6.05. The minimum absolute atomic E-state index is 0.114. The van der Waals surface area contributed by atoms with Gasteiger partial charge in [-0.05, 0) is 30.0 Å². The molecule has 0 spiro atoms. The standard InChI is InChI=1S/C15H16N2O3.C3H8.C2H6/c1-2-9-3-4-11-10(7-9)8-17(15(11)20)12-5-6-13(18)16-14(12)19;1-3-2;1-2/h3-4,7,12H,2,5-6,8H2,1H3,(H,16,18,19);3H2,1-2H3;1-2H3. The molecule has 1 unspecified atom stereocenters. The van der Waals surface area contributed by atoms with Crippen molar-refractivity contribution in [2.75, 3.05) is 0 Å². The van der Waals surface area contributed by atoms with Crippen LogP contribution in [0.4, 0.5) is 0 Å². The second kappa shape index (κ2) is 9.97. The third-order valence-electron chi connectivity index (χ3n) is 4.00. The van der Waals surface area contributed by atoms with Gasteiger partial charge in [-0.25, -0.2) is 0 Å². The van der Waals surface area contributed by atoms with E-state index in [1.807, 2.05) is 32.0 Å². The Balaban J connectivity index is 0.000000567. The van der Waals surface area contributed by atoms with Crippen LogP contribution in [-0.4, -0.2) is 28.7 Å². The Morgan fingerprint density at radius 1 is 1.12 bits per heavy atom. The molecular weight excluding hydrogens is 316 g/mol. The molecule has 1 aromatic rings. The summed E-state index contributed by atoms with van der Waals surface area (Å²) in [5.74, 6) is -0.737. The van der Waals surface area contributed by atoms with Crippen molar-refractivity contribution in [3.05, 3.63) is 34.9 Å². The van der Waals surface area contributed by atoms with Crippen LogP contribution in [0.25, 0.3) is 0 Å². The van der Waals surface area contributed by atoms with Gasteiger partial charge < -0.3 is 4.90 Å². The normalized spacial score (nSPS) is 18.5. The Bertz CT molecular complexity index is 625. The summed E-state index contributed by atoms with van der Waals surface area (Å²) < 4.78 is 0. The first kappa shape index (κ1) is 20.9. The van der Waals surface area contributed by atoms with Crippen molar-refractivity contribution in [1.29, 1.82) is 0 Å². The number of carbonyl (C=O) groups is 3. The lowest BCUT2D eigenvalue weighted by atomic mass is 10.0. The van der Waals surface area contributed by atoms with Gasteiger partial charge >= 0.3 is 0 Å². The third kappa shape index (κ3) is 4.91. The summed E-state index contributed by atoms with van der Waals surface area (Å²) in [6.07, 6.45) is 2.86. The highest BCUT2D eigenvalue weighted by Crippen LogP contribution is 2.28. The van der Waals surface area contributed by atoms with Gasteiger partial charge in [0.1, 0.15) is 6.04 Å². The predicted octanol–water partition coefficient (Wildman–Crippen LogP) is 3.45. The van der Waals surface area contributed by atoms with Gasteiger partial charge in [-0.2, -0.15) is 0 Å². The SMILES string of the molecule is CC.CCC.CCc1ccc2c(c1)CN(C1CCC(=O)NC1=O)C2=O. The molecule has 0 saturated carbocycles. The smallest absolute Gasteiger partial charge is 0.255 e. The Morgan fingerprint density at radius 2 is 1.76 bits per heavy atom. The van der Waals surface area contributed by atoms with Crippen LogP contribution in [0.2, 0.25) is 0 Å². The molecule has 2 aliphatic rings. The molecule has 2 aliphatic heterocycles. The topological polar surface area (TPSA) is 66.5 Å². The molecule has 3 rings (SSSR count). The molecule has 1 atom stereocenters. The fraction of sp³-hybridized carbons (Fsp3) is 0.550. The van der Waals surface area contributed by atoms with E-state index >= 15 is 0 Å². The highest BCUT2D eigenvalue weighted by Gasteiger charge is 2.38. The quantitative estimate of drug-likeness (QED) is 0.834. The van der Waals surface area contributed by atoms with Crippen LogP contribution in [0.5, 0.6) is 0 Å². The van der Waals surface area contributed by atoms with Gasteiger partial charge in [-0.1, -0.05) is 53.2 Å². The maximum Gasteiger partial charge on any atom is 0.255 e. The van der Waals surface area contributed by atoms with E-state index in [2.05, 4.69) is 26.1 Å². The van der Waals surface area contributed by atoms with Crippen LogP contribution in [0.15, 0.2) is 18.2 Å². The molecule has 5 heteroatoms. The zero-order valence-corrected chi connectivity index (χ0v) is 16.0. The number of carbonyl (C=O) groups excluding carboxylic acids is 3. The summed E-state index contributed by atoms with van der Waals surface area (Å²) >= 11 is 0. The molecule has 1 N–H and O–H groups in total. The molecule has 0 bridgehead atoms. The van der Waals surface area contributed by atoms with E-state index in [1.54, 1.807) is 4.90 Å². The van der Waals surface area contributed by atoms with Crippen LogP contribution in [0.1, 0.15) is 75.4 Å². The molecule has 3 amide bonds. The van der Waals surface area contributed by atoms with E-state index in [9.17, 15) is 14.4 Å².